The van der Waals surface area contributed by atoms with Gasteiger partial charge in [0.05, 0.1) is 0 Å². The topological polar surface area (TPSA) is 47.0 Å². The van der Waals surface area contributed by atoms with E-state index in [9.17, 15) is 8.42 Å². The van der Waals surface area contributed by atoms with Crippen LogP contribution in [0.25, 0.3) is 0 Å². The molecule has 0 aliphatic heterocycles. The Labute approximate surface area is 81.4 Å². The van der Waals surface area contributed by atoms with Crippen LogP contribution in [0.2, 0.25) is 0 Å². The normalized spacial score (nSPS) is 11.3. The predicted molar refractivity (Wildman–Crippen MR) is 42.7 cm³/mol. The zero-order valence-electron chi connectivity index (χ0n) is 5.98. The Bertz CT molecular complexity index is 361. The molecular formula is C6H6NO2STl. The van der Waals surface area contributed by atoms with Crippen LogP contribution in [0.3, 0.4) is 0 Å². The van der Waals surface area contributed by atoms with Crippen LogP contribution in [0.5, 0.6) is 0 Å². The summed E-state index contributed by atoms with van der Waals surface area (Å²) in [7, 11) is -3.04. The van der Waals surface area contributed by atoms with E-state index >= 15 is 0 Å². The number of rotatable bonds is 1. The first-order chi connectivity index (χ1) is 5.00. The van der Waals surface area contributed by atoms with Crippen LogP contribution < -0.4 is 3.25 Å². The molecule has 11 heavy (non-hydrogen) atoms. The van der Waals surface area contributed by atoms with Crippen LogP contribution in [-0.2, 0) is 9.84 Å². The van der Waals surface area contributed by atoms with E-state index in [1.165, 1.54) is 18.5 Å². The number of nitrogens with zero attached hydrogens (tertiary/aromatic N) is 1. The minimum atomic E-state index is -3.04. The fourth-order valence-corrected chi connectivity index (χ4v) is 2.80. The molecule has 0 unspecified atom stereocenters. The quantitative estimate of drug-likeness (QED) is 0.621. The summed E-state index contributed by atoms with van der Waals surface area (Å²) in [5, 5.41) is 0. The Morgan fingerprint density at radius 1 is 1.55 bits per heavy atom. The van der Waals surface area contributed by atoms with Crippen molar-refractivity contribution >= 4 is 38.9 Å². The van der Waals surface area contributed by atoms with Gasteiger partial charge in [0.25, 0.3) is 0 Å². The van der Waals surface area contributed by atoms with Gasteiger partial charge in [-0.25, -0.2) is 0 Å². The zero-order valence-corrected chi connectivity index (χ0v) is 11.3. The van der Waals surface area contributed by atoms with Gasteiger partial charge in [-0.3, -0.25) is 0 Å². The van der Waals surface area contributed by atoms with Gasteiger partial charge >= 0.3 is 81.7 Å². The number of pyridine rings is 1. The monoisotopic (exact) mass is 361 g/mol. The van der Waals surface area contributed by atoms with E-state index in [0.717, 1.165) is 3.25 Å². The molecule has 0 N–H and O–H groups in total. The van der Waals surface area contributed by atoms with E-state index in [0.29, 0.717) is 30.7 Å². The Morgan fingerprint density at radius 3 is 2.55 bits per heavy atom. The first-order valence-electron chi connectivity index (χ1n) is 2.92. The van der Waals surface area contributed by atoms with Crippen LogP contribution in [0.1, 0.15) is 0 Å². The number of hydrogen-bond acceptors (Lipinski definition) is 3. The summed E-state index contributed by atoms with van der Waals surface area (Å²) in [6, 6.07) is 3.14. The average Bonchev–Trinajstić information content (AvgIpc) is 1.86. The second-order valence-corrected chi connectivity index (χ2v) is 6.50. The summed E-state index contributed by atoms with van der Waals surface area (Å²) >= 11 is 0.585. The van der Waals surface area contributed by atoms with E-state index in [2.05, 4.69) is 4.98 Å². The van der Waals surface area contributed by atoms with E-state index < -0.39 is 9.84 Å². The molecule has 0 aliphatic rings. The van der Waals surface area contributed by atoms with Gasteiger partial charge in [-0.2, -0.15) is 0 Å². The van der Waals surface area contributed by atoms with Gasteiger partial charge in [-0.15, -0.1) is 0 Å². The van der Waals surface area contributed by atoms with Gasteiger partial charge in [0, 0.05) is 0 Å². The molecule has 5 heteroatoms. The zero-order chi connectivity index (χ0) is 8.48. The fourth-order valence-electron chi connectivity index (χ4n) is 0.659. The molecule has 1 rings (SSSR count). The molecule has 0 aromatic carbocycles. The summed E-state index contributed by atoms with van der Waals surface area (Å²) in [5.74, 6) is 0. The average molecular weight is 361 g/mol. The van der Waals surface area contributed by atoms with Crippen molar-refractivity contribution in [3.63, 3.8) is 0 Å². The number of sulfone groups is 1. The molecule has 0 spiro atoms. The summed E-state index contributed by atoms with van der Waals surface area (Å²) < 4.78 is 22.8. The van der Waals surface area contributed by atoms with Gasteiger partial charge < -0.3 is 0 Å². The number of aromatic nitrogens is 1. The van der Waals surface area contributed by atoms with Crippen molar-refractivity contribution < 1.29 is 8.42 Å². The van der Waals surface area contributed by atoms with E-state index in [1.54, 1.807) is 6.07 Å². The molecule has 0 amide bonds. The fraction of sp³-hybridized carbons (Fsp3) is 0.167. The third-order valence-corrected chi connectivity index (χ3v) is 3.52. The number of hydrogen-bond donors (Lipinski definition) is 0. The first-order valence-corrected chi connectivity index (χ1v) is 7.05. The molecule has 1 heterocycles. The molecule has 0 aliphatic carbocycles. The van der Waals surface area contributed by atoms with Gasteiger partial charge in [0.2, 0.25) is 0 Å². The molecule has 0 saturated heterocycles. The SMILES string of the molecule is CS(=O)(=O)c1ccn[c]([Tl])c1. The second kappa shape index (κ2) is 3.18. The van der Waals surface area contributed by atoms with Gasteiger partial charge in [0.1, 0.15) is 0 Å². The molecule has 0 bridgehead atoms. The van der Waals surface area contributed by atoms with Crippen LogP contribution in [0, 0.1) is 0 Å². The van der Waals surface area contributed by atoms with Crippen LogP contribution in [-0.4, -0.2) is 45.4 Å². The Hall–Kier alpha value is 0.0221. The minimum absolute atomic E-state index is 0.366. The van der Waals surface area contributed by atoms with Crippen LogP contribution in [0.15, 0.2) is 23.2 Å². The molecule has 56 valence electrons. The molecule has 3 nitrogen and oxygen atoms in total. The first kappa shape index (κ1) is 9.11. The Kier molecular flexibility index (Phi) is 2.63. The molecule has 1 aromatic heterocycles. The van der Waals surface area contributed by atoms with Crippen molar-refractivity contribution in [3.8, 4) is 0 Å². The van der Waals surface area contributed by atoms with Gasteiger partial charge in [0.15, 0.2) is 0 Å². The van der Waals surface area contributed by atoms with Crippen molar-refractivity contribution in [3.05, 3.63) is 18.3 Å². The molecule has 0 saturated carbocycles. The third kappa shape index (κ3) is 2.51. The van der Waals surface area contributed by atoms with Crippen molar-refractivity contribution in [2.75, 3.05) is 6.26 Å². The molecule has 0 fully saturated rings. The van der Waals surface area contributed by atoms with Gasteiger partial charge in [-0.05, 0) is 0 Å². The van der Waals surface area contributed by atoms with Gasteiger partial charge in [-0.1, -0.05) is 0 Å². The maximum atomic E-state index is 11.0. The van der Waals surface area contributed by atoms with Crippen molar-refractivity contribution in [2.24, 2.45) is 0 Å². The second-order valence-electron chi connectivity index (χ2n) is 2.19. The van der Waals surface area contributed by atoms with Crippen molar-refractivity contribution in [1.29, 1.82) is 0 Å². The van der Waals surface area contributed by atoms with Crippen molar-refractivity contribution in [2.45, 2.75) is 4.90 Å². The molecule has 1 aromatic rings. The summed E-state index contributed by atoms with van der Waals surface area (Å²) in [4.78, 5) is 4.33. The molecule has 0 atom stereocenters. The van der Waals surface area contributed by atoms with Crippen LogP contribution in [0.4, 0.5) is 0 Å². The Balaban J connectivity index is 3.28. The summed E-state index contributed by atoms with van der Waals surface area (Å²) in [6.07, 6.45) is 2.73. The standard InChI is InChI=1S/C6H6NO2S.Tl/c1-10(8,9)6-2-4-7-5-3-6;/h2-4H,1H3;. The van der Waals surface area contributed by atoms with E-state index in [4.69, 9.17) is 0 Å². The molecule has 0 radical (unpaired) electrons. The molecular weight excluding hydrogens is 355 g/mol. The van der Waals surface area contributed by atoms with Crippen LogP contribution >= 0.6 is 0 Å². The Morgan fingerprint density at radius 2 is 2.18 bits per heavy atom. The van der Waals surface area contributed by atoms with E-state index in [1.807, 2.05) is 0 Å². The maximum absolute atomic E-state index is 11.0. The predicted octanol–water partition coefficient (Wildman–Crippen LogP) is -0.721. The van der Waals surface area contributed by atoms with Crippen molar-refractivity contribution in [1.82, 2.24) is 4.98 Å². The third-order valence-electron chi connectivity index (χ3n) is 1.18. The van der Waals surface area contributed by atoms with E-state index in [-0.39, 0.29) is 0 Å². The summed E-state index contributed by atoms with van der Waals surface area (Å²) in [6.45, 7) is 0. The summed E-state index contributed by atoms with van der Waals surface area (Å²) in [5.41, 5.74) is 0.